The van der Waals surface area contributed by atoms with Gasteiger partial charge in [0, 0.05) is 18.5 Å². The number of nitro benzene ring substituents is 1. The minimum absolute atomic E-state index is 0.0304. The molecule has 2 aromatic carbocycles. The number of ether oxygens (including phenoxy) is 1. The quantitative estimate of drug-likeness (QED) is 0.416. The highest BCUT2D eigenvalue weighted by Gasteiger charge is 2.39. The molecule has 3 rings (SSSR count). The first-order chi connectivity index (χ1) is 13.2. The van der Waals surface area contributed by atoms with Crippen molar-refractivity contribution in [2.45, 2.75) is 37.6 Å². The Morgan fingerprint density at radius 3 is 2.54 bits per heavy atom. The SMILES string of the molecule is CN(C)C1CCc2ccccc2C(Oc2ccc([N+](=O)[O-])c(C(F)(F)F)c2)C1. The molecule has 0 N–H and O–H groups in total. The highest BCUT2D eigenvalue weighted by Crippen LogP contribution is 2.40. The normalized spacial score (nSPS) is 19.8. The van der Waals surface area contributed by atoms with Gasteiger partial charge in [0.05, 0.1) is 4.92 Å². The summed E-state index contributed by atoms with van der Waals surface area (Å²) in [6, 6.07) is 10.7. The van der Waals surface area contributed by atoms with E-state index in [1.807, 2.05) is 38.4 Å². The second-order valence-corrected chi connectivity index (χ2v) is 7.13. The van der Waals surface area contributed by atoms with E-state index in [2.05, 4.69) is 4.90 Å². The zero-order valence-electron chi connectivity index (χ0n) is 15.6. The zero-order chi connectivity index (χ0) is 20.5. The first kappa shape index (κ1) is 20.1. The number of aryl methyl sites for hydroxylation is 1. The largest absolute Gasteiger partial charge is 0.486 e. The molecule has 0 saturated carbocycles. The van der Waals surface area contributed by atoms with Crippen LogP contribution in [0.5, 0.6) is 5.75 Å². The Bertz CT molecular complexity index is 868. The van der Waals surface area contributed by atoms with Crippen LogP contribution in [-0.2, 0) is 12.6 Å². The molecule has 0 fully saturated rings. The summed E-state index contributed by atoms with van der Waals surface area (Å²) in [6.07, 6.45) is -2.89. The lowest BCUT2D eigenvalue weighted by Crippen LogP contribution is -2.30. The van der Waals surface area contributed by atoms with Gasteiger partial charge in [-0.2, -0.15) is 13.2 Å². The van der Waals surface area contributed by atoms with Crippen LogP contribution < -0.4 is 4.74 Å². The molecule has 5 nitrogen and oxygen atoms in total. The lowest BCUT2D eigenvalue weighted by atomic mass is 10.0. The molecule has 0 heterocycles. The Morgan fingerprint density at radius 2 is 1.89 bits per heavy atom. The summed E-state index contributed by atoms with van der Waals surface area (Å²) in [5.74, 6) is -0.0304. The first-order valence-electron chi connectivity index (χ1n) is 8.93. The second-order valence-electron chi connectivity index (χ2n) is 7.13. The molecule has 1 aliphatic carbocycles. The summed E-state index contributed by atoms with van der Waals surface area (Å²) in [5.41, 5.74) is -0.234. The van der Waals surface area contributed by atoms with Crippen molar-refractivity contribution in [2.75, 3.05) is 14.1 Å². The van der Waals surface area contributed by atoms with Gasteiger partial charge in [-0.15, -0.1) is 0 Å². The van der Waals surface area contributed by atoms with E-state index in [0.717, 1.165) is 36.1 Å². The molecule has 2 unspecified atom stereocenters. The topological polar surface area (TPSA) is 55.6 Å². The number of alkyl halides is 3. The maximum atomic E-state index is 13.3. The Hall–Kier alpha value is -2.61. The fourth-order valence-electron chi connectivity index (χ4n) is 3.61. The summed E-state index contributed by atoms with van der Waals surface area (Å²) in [5, 5.41) is 11.0. The van der Waals surface area contributed by atoms with Crippen LogP contribution in [0.1, 0.15) is 35.6 Å². The van der Waals surface area contributed by atoms with Gasteiger partial charge in [-0.3, -0.25) is 10.1 Å². The average Bonchev–Trinajstić information content (AvgIpc) is 2.81. The van der Waals surface area contributed by atoms with Crippen molar-refractivity contribution in [3.8, 4) is 5.75 Å². The molecular formula is C20H21F3N2O3. The molecule has 28 heavy (non-hydrogen) atoms. The maximum Gasteiger partial charge on any atom is 0.423 e. The van der Waals surface area contributed by atoms with Crippen molar-refractivity contribution in [2.24, 2.45) is 0 Å². The van der Waals surface area contributed by atoms with E-state index in [-0.39, 0.29) is 11.8 Å². The third-order valence-electron chi connectivity index (χ3n) is 5.11. The minimum atomic E-state index is -4.84. The molecule has 2 aromatic rings. The highest BCUT2D eigenvalue weighted by atomic mass is 19.4. The van der Waals surface area contributed by atoms with Crippen molar-refractivity contribution in [1.82, 2.24) is 4.90 Å². The second kappa shape index (κ2) is 7.79. The smallest absolute Gasteiger partial charge is 0.423 e. The molecular weight excluding hydrogens is 373 g/mol. The third kappa shape index (κ3) is 4.27. The molecule has 0 spiro atoms. The molecule has 0 aromatic heterocycles. The summed E-state index contributed by atoms with van der Waals surface area (Å²) in [4.78, 5) is 12.0. The van der Waals surface area contributed by atoms with Gasteiger partial charge in [0.15, 0.2) is 0 Å². The Kier molecular flexibility index (Phi) is 5.60. The van der Waals surface area contributed by atoms with Crippen LogP contribution in [0, 0.1) is 10.1 Å². The Balaban J connectivity index is 1.98. The zero-order valence-corrected chi connectivity index (χ0v) is 15.6. The molecule has 8 heteroatoms. The van der Waals surface area contributed by atoms with Crippen LogP contribution in [0.25, 0.3) is 0 Å². The number of halogens is 3. The van der Waals surface area contributed by atoms with Gasteiger partial charge in [-0.05, 0) is 50.2 Å². The van der Waals surface area contributed by atoms with Crippen LogP contribution in [0.3, 0.4) is 0 Å². The van der Waals surface area contributed by atoms with Crippen molar-refractivity contribution >= 4 is 5.69 Å². The lowest BCUT2D eigenvalue weighted by molar-refractivity contribution is -0.388. The predicted octanol–water partition coefficient (Wildman–Crippen LogP) is 5.00. The van der Waals surface area contributed by atoms with E-state index >= 15 is 0 Å². The van der Waals surface area contributed by atoms with Crippen LogP contribution in [0.2, 0.25) is 0 Å². The van der Waals surface area contributed by atoms with Crippen molar-refractivity contribution in [3.63, 3.8) is 0 Å². The first-order valence-corrected chi connectivity index (χ1v) is 8.93. The molecule has 0 bridgehead atoms. The van der Waals surface area contributed by atoms with Gasteiger partial charge >= 0.3 is 6.18 Å². The van der Waals surface area contributed by atoms with Crippen molar-refractivity contribution < 1.29 is 22.8 Å². The maximum absolute atomic E-state index is 13.3. The van der Waals surface area contributed by atoms with Crippen LogP contribution in [0.4, 0.5) is 18.9 Å². The fraction of sp³-hybridized carbons (Fsp3) is 0.400. The number of nitrogens with zero attached hydrogens (tertiary/aromatic N) is 2. The molecule has 0 aliphatic heterocycles. The van der Waals surface area contributed by atoms with Crippen LogP contribution in [-0.4, -0.2) is 30.0 Å². The standard InChI is InChI=1S/C20H21F3N2O3/c1-24(2)14-8-7-13-5-3-4-6-16(13)19(11-14)28-15-9-10-18(25(26)27)17(12-15)20(21,22)23/h3-6,9-10,12,14,19H,7-8,11H2,1-2H3. The number of benzene rings is 2. The van der Waals surface area contributed by atoms with Gasteiger partial charge in [-0.25, -0.2) is 0 Å². The third-order valence-corrected chi connectivity index (χ3v) is 5.11. The number of hydrogen-bond acceptors (Lipinski definition) is 4. The van der Waals surface area contributed by atoms with Crippen molar-refractivity contribution in [3.05, 3.63) is 69.3 Å². The van der Waals surface area contributed by atoms with E-state index in [1.165, 1.54) is 6.07 Å². The number of rotatable bonds is 4. The summed E-state index contributed by atoms with van der Waals surface area (Å²) < 4.78 is 45.8. The minimum Gasteiger partial charge on any atom is -0.486 e. The summed E-state index contributed by atoms with van der Waals surface area (Å²) in [6.45, 7) is 0. The molecule has 150 valence electrons. The fourth-order valence-corrected chi connectivity index (χ4v) is 3.61. The number of nitro groups is 1. The van der Waals surface area contributed by atoms with Crippen LogP contribution >= 0.6 is 0 Å². The molecule has 0 radical (unpaired) electrons. The molecule has 0 saturated heterocycles. The van der Waals surface area contributed by atoms with Crippen molar-refractivity contribution in [1.29, 1.82) is 0 Å². The van der Waals surface area contributed by atoms with E-state index < -0.39 is 28.5 Å². The lowest BCUT2D eigenvalue weighted by Gasteiger charge is -2.27. The average molecular weight is 394 g/mol. The predicted molar refractivity (Wildman–Crippen MR) is 98.3 cm³/mol. The highest BCUT2D eigenvalue weighted by molar-refractivity contribution is 5.47. The Morgan fingerprint density at radius 1 is 1.18 bits per heavy atom. The Labute approximate surface area is 160 Å². The monoisotopic (exact) mass is 394 g/mol. The van der Waals surface area contributed by atoms with E-state index in [0.29, 0.717) is 6.42 Å². The molecule has 1 aliphatic rings. The number of fused-ring (bicyclic) bond motifs is 1. The van der Waals surface area contributed by atoms with Gasteiger partial charge in [0.2, 0.25) is 0 Å². The van der Waals surface area contributed by atoms with E-state index in [9.17, 15) is 23.3 Å². The summed E-state index contributed by atoms with van der Waals surface area (Å²) in [7, 11) is 3.93. The molecule has 2 atom stereocenters. The van der Waals surface area contributed by atoms with Gasteiger partial charge in [0.25, 0.3) is 5.69 Å². The van der Waals surface area contributed by atoms with Crippen LogP contribution in [0.15, 0.2) is 42.5 Å². The van der Waals surface area contributed by atoms with Gasteiger partial charge < -0.3 is 9.64 Å². The van der Waals surface area contributed by atoms with E-state index in [1.54, 1.807) is 0 Å². The van der Waals surface area contributed by atoms with E-state index in [4.69, 9.17) is 4.74 Å². The van der Waals surface area contributed by atoms with Gasteiger partial charge in [-0.1, -0.05) is 24.3 Å². The number of hydrogen-bond donors (Lipinski definition) is 0. The summed E-state index contributed by atoms with van der Waals surface area (Å²) >= 11 is 0. The molecule has 0 amide bonds. The van der Waals surface area contributed by atoms with Gasteiger partial charge in [0.1, 0.15) is 17.4 Å².